The van der Waals surface area contributed by atoms with Crippen molar-refractivity contribution in [3.63, 3.8) is 0 Å². The first-order valence-corrected chi connectivity index (χ1v) is 8.31. The van der Waals surface area contributed by atoms with E-state index in [-0.39, 0.29) is 37.4 Å². The fourth-order valence-corrected chi connectivity index (χ4v) is 3.22. The molecule has 2 fully saturated rings. The molecule has 2 N–H and O–H groups in total. The number of hydrogen-bond donors (Lipinski definition) is 2. The Morgan fingerprint density at radius 2 is 2.16 bits per heavy atom. The maximum Gasteiger partial charge on any atom is 0.414 e. The number of hydrogen-bond acceptors (Lipinski definition) is 4. The zero-order valence-corrected chi connectivity index (χ0v) is 14.0. The summed E-state index contributed by atoms with van der Waals surface area (Å²) in [6.45, 7) is 2.76. The third-order valence-electron chi connectivity index (χ3n) is 4.60. The Hall–Kier alpha value is -2.22. The molecule has 0 bridgehead atoms. The van der Waals surface area contributed by atoms with Gasteiger partial charge in [-0.15, -0.1) is 0 Å². The quantitative estimate of drug-likeness (QED) is 0.867. The van der Waals surface area contributed by atoms with Crippen LogP contribution in [0.1, 0.15) is 25.3 Å². The smallest absolute Gasteiger partial charge is 0.414 e. The van der Waals surface area contributed by atoms with Crippen LogP contribution in [0.25, 0.3) is 0 Å². The number of halogens is 2. The molecule has 0 aliphatic carbocycles. The molecule has 0 saturated carbocycles. The van der Waals surface area contributed by atoms with Crippen LogP contribution in [-0.2, 0) is 15.2 Å². The Morgan fingerprint density at radius 1 is 1.44 bits per heavy atom. The summed E-state index contributed by atoms with van der Waals surface area (Å²) in [5.41, 5.74) is -1.35. The first kappa shape index (κ1) is 17.6. The average Bonchev–Trinajstić information content (AvgIpc) is 2.94. The van der Waals surface area contributed by atoms with E-state index in [4.69, 9.17) is 4.74 Å². The molecule has 0 aromatic heterocycles. The van der Waals surface area contributed by atoms with Gasteiger partial charge in [0.05, 0.1) is 18.8 Å². The number of nitrogens with one attached hydrogen (secondary N) is 2. The van der Waals surface area contributed by atoms with Crippen molar-refractivity contribution in [2.75, 3.05) is 31.1 Å². The van der Waals surface area contributed by atoms with Crippen molar-refractivity contribution in [3.05, 3.63) is 29.6 Å². The standard InChI is InChI=1S/C17H21F2N3O3/c1-11(23)21-9-13-10-22(16(24)25-13)12-2-3-14(15(18)8-12)17(19)4-6-20-7-5-17/h2-3,8,13,20H,4-7,9-10H2,1H3,(H,21,23)/t13-/m0/s1. The van der Waals surface area contributed by atoms with Crippen LogP contribution < -0.4 is 15.5 Å². The highest BCUT2D eigenvalue weighted by Gasteiger charge is 2.37. The van der Waals surface area contributed by atoms with E-state index >= 15 is 0 Å². The van der Waals surface area contributed by atoms with Crippen molar-refractivity contribution in [1.29, 1.82) is 0 Å². The topological polar surface area (TPSA) is 70.7 Å². The highest BCUT2D eigenvalue weighted by atomic mass is 19.1. The molecule has 1 aromatic rings. The van der Waals surface area contributed by atoms with Crippen LogP contribution in [0.15, 0.2) is 18.2 Å². The summed E-state index contributed by atoms with van der Waals surface area (Å²) in [5.74, 6) is -0.889. The van der Waals surface area contributed by atoms with Crippen molar-refractivity contribution in [3.8, 4) is 0 Å². The number of benzene rings is 1. The highest BCUT2D eigenvalue weighted by molar-refractivity contribution is 5.89. The third-order valence-corrected chi connectivity index (χ3v) is 4.60. The van der Waals surface area contributed by atoms with E-state index in [0.29, 0.717) is 18.8 Å². The predicted molar refractivity (Wildman–Crippen MR) is 87.6 cm³/mol. The Morgan fingerprint density at radius 3 is 2.80 bits per heavy atom. The van der Waals surface area contributed by atoms with Crippen LogP contribution in [0.4, 0.5) is 19.3 Å². The fraction of sp³-hybridized carbons (Fsp3) is 0.529. The van der Waals surface area contributed by atoms with Gasteiger partial charge in [-0.1, -0.05) is 6.07 Å². The van der Waals surface area contributed by atoms with E-state index in [1.807, 2.05) is 0 Å². The molecule has 2 heterocycles. The summed E-state index contributed by atoms with van der Waals surface area (Å²) in [6.07, 6.45) is -0.683. The molecule has 0 spiro atoms. The lowest BCUT2D eigenvalue weighted by Crippen LogP contribution is -2.37. The maximum atomic E-state index is 15.0. The normalized spacial score (nSPS) is 22.6. The van der Waals surface area contributed by atoms with E-state index in [1.165, 1.54) is 30.0 Å². The predicted octanol–water partition coefficient (Wildman–Crippen LogP) is 1.84. The Kier molecular flexibility index (Phi) is 4.89. The molecule has 2 amide bonds. The number of piperidine rings is 1. The van der Waals surface area contributed by atoms with Gasteiger partial charge in [0, 0.05) is 12.5 Å². The van der Waals surface area contributed by atoms with Gasteiger partial charge < -0.3 is 15.4 Å². The second kappa shape index (κ2) is 6.95. The highest BCUT2D eigenvalue weighted by Crippen LogP contribution is 2.38. The zero-order valence-electron chi connectivity index (χ0n) is 14.0. The number of anilines is 1. The maximum absolute atomic E-state index is 15.0. The lowest BCUT2D eigenvalue weighted by Gasteiger charge is -2.31. The summed E-state index contributed by atoms with van der Waals surface area (Å²) in [7, 11) is 0. The average molecular weight is 353 g/mol. The van der Waals surface area contributed by atoms with Gasteiger partial charge in [-0.2, -0.15) is 0 Å². The lowest BCUT2D eigenvalue weighted by molar-refractivity contribution is -0.119. The van der Waals surface area contributed by atoms with Gasteiger partial charge >= 0.3 is 6.09 Å². The first-order valence-electron chi connectivity index (χ1n) is 8.31. The molecular weight excluding hydrogens is 332 g/mol. The van der Waals surface area contributed by atoms with Crippen molar-refractivity contribution in [1.82, 2.24) is 10.6 Å². The summed E-state index contributed by atoms with van der Waals surface area (Å²) >= 11 is 0. The molecule has 25 heavy (non-hydrogen) atoms. The minimum atomic E-state index is -1.69. The summed E-state index contributed by atoms with van der Waals surface area (Å²) < 4.78 is 34.6. The number of alkyl halides is 1. The van der Waals surface area contributed by atoms with E-state index in [1.54, 1.807) is 0 Å². The molecule has 1 atom stereocenters. The Bertz CT molecular complexity index is 677. The molecule has 2 saturated heterocycles. The Labute approximate surface area is 144 Å². The van der Waals surface area contributed by atoms with E-state index in [9.17, 15) is 18.4 Å². The molecule has 0 unspecified atom stereocenters. The van der Waals surface area contributed by atoms with Gasteiger partial charge in [-0.3, -0.25) is 9.69 Å². The van der Waals surface area contributed by atoms with Gasteiger partial charge in [0.2, 0.25) is 5.91 Å². The van der Waals surface area contributed by atoms with Crippen molar-refractivity contribution < 1.29 is 23.1 Å². The SMILES string of the molecule is CC(=O)NC[C@H]1CN(c2ccc(C3(F)CCNCC3)c(F)c2)C(=O)O1. The number of ether oxygens (including phenoxy) is 1. The molecule has 0 radical (unpaired) electrons. The van der Waals surface area contributed by atoms with Crippen LogP contribution in [-0.4, -0.2) is 44.3 Å². The monoisotopic (exact) mass is 353 g/mol. The lowest BCUT2D eigenvalue weighted by atomic mass is 9.86. The van der Waals surface area contributed by atoms with E-state index in [2.05, 4.69) is 10.6 Å². The van der Waals surface area contributed by atoms with Crippen molar-refractivity contribution in [2.24, 2.45) is 0 Å². The van der Waals surface area contributed by atoms with E-state index in [0.717, 1.165) is 0 Å². The summed E-state index contributed by atoms with van der Waals surface area (Å²) in [4.78, 5) is 24.2. The van der Waals surface area contributed by atoms with Crippen molar-refractivity contribution in [2.45, 2.75) is 31.5 Å². The van der Waals surface area contributed by atoms with Gasteiger partial charge in [-0.25, -0.2) is 13.6 Å². The van der Waals surface area contributed by atoms with Crippen LogP contribution in [0, 0.1) is 5.82 Å². The molecule has 3 rings (SSSR count). The van der Waals surface area contributed by atoms with E-state index < -0.39 is 23.7 Å². The molecular formula is C17H21F2N3O3. The molecule has 2 aliphatic rings. The van der Waals surface area contributed by atoms with Gasteiger partial charge in [0.25, 0.3) is 0 Å². The molecule has 136 valence electrons. The number of carbonyl (C=O) groups is 2. The first-order chi connectivity index (χ1) is 11.9. The largest absolute Gasteiger partial charge is 0.442 e. The minimum Gasteiger partial charge on any atom is -0.442 e. The van der Waals surface area contributed by atoms with Gasteiger partial charge in [-0.05, 0) is 38.1 Å². The van der Waals surface area contributed by atoms with Crippen LogP contribution in [0.3, 0.4) is 0 Å². The van der Waals surface area contributed by atoms with Gasteiger partial charge in [0.1, 0.15) is 17.6 Å². The van der Waals surface area contributed by atoms with Gasteiger partial charge in [0.15, 0.2) is 0 Å². The minimum absolute atomic E-state index is 0.0279. The molecule has 2 aliphatic heterocycles. The fourth-order valence-electron chi connectivity index (χ4n) is 3.22. The second-order valence-electron chi connectivity index (χ2n) is 6.43. The number of rotatable bonds is 4. The van der Waals surface area contributed by atoms with Crippen LogP contribution in [0.2, 0.25) is 0 Å². The van der Waals surface area contributed by atoms with Crippen molar-refractivity contribution >= 4 is 17.7 Å². The summed E-state index contributed by atoms with van der Waals surface area (Å²) in [6, 6.07) is 4.11. The molecule has 6 nitrogen and oxygen atoms in total. The number of cyclic esters (lactones) is 1. The van der Waals surface area contributed by atoms with Crippen LogP contribution >= 0.6 is 0 Å². The number of nitrogens with zero attached hydrogens (tertiary/aromatic N) is 1. The number of carbonyl (C=O) groups excluding carboxylic acids is 2. The number of amides is 2. The molecule has 8 heteroatoms. The molecule has 1 aromatic carbocycles. The second-order valence-corrected chi connectivity index (χ2v) is 6.43. The Balaban J connectivity index is 1.74. The third kappa shape index (κ3) is 3.73. The summed E-state index contributed by atoms with van der Waals surface area (Å²) in [5, 5.41) is 5.63. The zero-order chi connectivity index (χ0) is 18.0. The van der Waals surface area contributed by atoms with Crippen LogP contribution in [0.5, 0.6) is 0 Å².